The minimum Gasteiger partial charge on any atom is -0.391 e. The minimum atomic E-state index is -0.0730. The fourth-order valence-corrected chi connectivity index (χ4v) is 2.73. The van der Waals surface area contributed by atoms with Crippen molar-refractivity contribution < 1.29 is 5.11 Å². The number of aliphatic hydroxyl groups is 1. The average Bonchev–Trinajstić information content (AvgIpc) is 2.64. The first-order valence-electron chi connectivity index (χ1n) is 5.62. The summed E-state index contributed by atoms with van der Waals surface area (Å²) in [7, 11) is 1.78. The fourth-order valence-electron chi connectivity index (χ4n) is 1.66. The van der Waals surface area contributed by atoms with Crippen LogP contribution in [0.3, 0.4) is 0 Å². The van der Waals surface area contributed by atoms with Crippen LogP contribution in [0, 0.1) is 6.92 Å². The zero-order chi connectivity index (χ0) is 13.1. The van der Waals surface area contributed by atoms with Gasteiger partial charge >= 0.3 is 0 Å². The third-order valence-electron chi connectivity index (χ3n) is 2.71. The third-order valence-corrected chi connectivity index (χ3v) is 4.20. The molecule has 0 aliphatic rings. The Morgan fingerprint density at radius 1 is 1.33 bits per heavy atom. The van der Waals surface area contributed by atoms with Gasteiger partial charge in [0.2, 0.25) is 0 Å². The van der Waals surface area contributed by atoms with Gasteiger partial charge in [0.1, 0.15) is 5.15 Å². The van der Waals surface area contributed by atoms with E-state index in [0.29, 0.717) is 10.9 Å². The summed E-state index contributed by atoms with van der Waals surface area (Å²) in [4.78, 5) is 1.19. The van der Waals surface area contributed by atoms with E-state index < -0.39 is 0 Å². The van der Waals surface area contributed by atoms with E-state index in [4.69, 9.17) is 11.6 Å². The lowest BCUT2D eigenvalue weighted by Crippen LogP contribution is -1.91. The number of hydrogen-bond donors (Lipinski definition) is 1. The number of thioether (sulfide) groups is 1. The van der Waals surface area contributed by atoms with Crippen LogP contribution in [0.25, 0.3) is 0 Å². The van der Waals surface area contributed by atoms with Gasteiger partial charge in [-0.1, -0.05) is 29.3 Å². The van der Waals surface area contributed by atoms with E-state index in [9.17, 15) is 5.11 Å². The number of aliphatic hydroxyl groups excluding tert-OH is 1. The van der Waals surface area contributed by atoms with E-state index in [-0.39, 0.29) is 6.61 Å². The van der Waals surface area contributed by atoms with E-state index in [1.54, 1.807) is 23.5 Å². The lowest BCUT2D eigenvalue weighted by molar-refractivity contribution is 0.281. The monoisotopic (exact) mass is 282 g/mol. The van der Waals surface area contributed by atoms with Crippen LogP contribution >= 0.6 is 23.4 Å². The van der Waals surface area contributed by atoms with Crippen LogP contribution in [-0.4, -0.2) is 14.9 Å². The normalized spacial score (nSPS) is 10.9. The van der Waals surface area contributed by atoms with E-state index in [2.05, 4.69) is 36.3 Å². The molecule has 0 saturated heterocycles. The smallest absolute Gasteiger partial charge is 0.132 e. The fraction of sp³-hybridized carbons (Fsp3) is 0.308. The van der Waals surface area contributed by atoms with Crippen molar-refractivity contribution in [1.29, 1.82) is 0 Å². The summed E-state index contributed by atoms with van der Waals surface area (Å²) in [5.41, 5.74) is 2.81. The maximum absolute atomic E-state index is 9.30. The Kier molecular flexibility index (Phi) is 4.32. The van der Waals surface area contributed by atoms with Gasteiger partial charge in [-0.25, -0.2) is 0 Å². The molecule has 0 saturated carbocycles. The summed E-state index contributed by atoms with van der Waals surface area (Å²) in [5, 5.41) is 14.1. The van der Waals surface area contributed by atoms with Crippen molar-refractivity contribution in [3.8, 4) is 0 Å². The molecule has 96 valence electrons. The molecule has 0 atom stereocenters. The molecule has 0 fully saturated rings. The molecule has 18 heavy (non-hydrogen) atoms. The highest BCUT2D eigenvalue weighted by atomic mass is 35.5. The average molecular weight is 283 g/mol. The summed E-state index contributed by atoms with van der Waals surface area (Å²) in [6.45, 7) is 1.99. The van der Waals surface area contributed by atoms with Crippen molar-refractivity contribution in [2.45, 2.75) is 24.2 Å². The summed E-state index contributed by atoms with van der Waals surface area (Å²) < 4.78 is 1.60. The highest BCUT2D eigenvalue weighted by Gasteiger charge is 2.13. The SMILES string of the molecule is Cc1ccc(SCc2nn(C)c(Cl)c2CO)cc1. The first kappa shape index (κ1) is 13.5. The van der Waals surface area contributed by atoms with Gasteiger partial charge in [-0.15, -0.1) is 11.8 Å². The summed E-state index contributed by atoms with van der Waals surface area (Å²) in [6, 6.07) is 8.34. The van der Waals surface area contributed by atoms with Gasteiger partial charge in [-0.3, -0.25) is 4.68 Å². The molecule has 0 bridgehead atoms. The molecule has 1 aromatic heterocycles. The molecule has 1 heterocycles. The standard InChI is InChI=1S/C13H15ClN2OS/c1-9-3-5-10(6-4-9)18-8-12-11(7-17)13(14)16(2)15-12/h3-6,17H,7-8H2,1-2H3. The van der Waals surface area contributed by atoms with Crippen LogP contribution in [0.1, 0.15) is 16.8 Å². The molecule has 0 radical (unpaired) electrons. The quantitative estimate of drug-likeness (QED) is 0.876. The van der Waals surface area contributed by atoms with Crippen molar-refractivity contribution in [2.75, 3.05) is 0 Å². The van der Waals surface area contributed by atoms with E-state index in [1.165, 1.54) is 10.5 Å². The molecule has 0 unspecified atom stereocenters. The van der Waals surface area contributed by atoms with Crippen molar-refractivity contribution in [3.05, 3.63) is 46.2 Å². The van der Waals surface area contributed by atoms with Crippen molar-refractivity contribution in [2.24, 2.45) is 7.05 Å². The Hall–Kier alpha value is -0.970. The molecule has 2 rings (SSSR count). The lowest BCUT2D eigenvalue weighted by atomic mass is 10.2. The Labute approximate surface area is 116 Å². The largest absolute Gasteiger partial charge is 0.391 e. The first-order chi connectivity index (χ1) is 8.61. The number of rotatable bonds is 4. The van der Waals surface area contributed by atoms with Crippen LogP contribution in [0.4, 0.5) is 0 Å². The number of halogens is 1. The van der Waals surface area contributed by atoms with E-state index >= 15 is 0 Å². The number of aromatic nitrogens is 2. The topological polar surface area (TPSA) is 38.0 Å². The Morgan fingerprint density at radius 2 is 2.00 bits per heavy atom. The second-order valence-electron chi connectivity index (χ2n) is 4.10. The number of hydrogen-bond acceptors (Lipinski definition) is 3. The Balaban J connectivity index is 2.10. The molecule has 1 aromatic carbocycles. The van der Waals surface area contributed by atoms with Crippen LogP contribution in [0.2, 0.25) is 5.15 Å². The maximum atomic E-state index is 9.30. The molecule has 0 aliphatic carbocycles. The van der Waals surface area contributed by atoms with Gasteiger partial charge in [-0.05, 0) is 19.1 Å². The van der Waals surface area contributed by atoms with Gasteiger partial charge in [-0.2, -0.15) is 5.10 Å². The zero-order valence-corrected chi connectivity index (χ0v) is 11.9. The first-order valence-corrected chi connectivity index (χ1v) is 6.98. The Bertz CT molecular complexity index is 537. The molecular formula is C13H15ClN2OS. The highest BCUT2D eigenvalue weighted by Crippen LogP contribution is 2.27. The Morgan fingerprint density at radius 3 is 2.61 bits per heavy atom. The molecule has 2 aromatic rings. The molecule has 5 heteroatoms. The van der Waals surface area contributed by atoms with Crippen LogP contribution < -0.4 is 0 Å². The van der Waals surface area contributed by atoms with Gasteiger partial charge in [0, 0.05) is 23.3 Å². The van der Waals surface area contributed by atoms with Crippen molar-refractivity contribution in [1.82, 2.24) is 9.78 Å². The van der Waals surface area contributed by atoms with Gasteiger partial charge in [0.15, 0.2) is 0 Å². The predicted octanol–water partition coefficient (Wildman–Crippen LogP) is 3.17. The number of aryl methyl sites for hydroxylation is 2. The molecule has 1 N–H and O–H groups in total. The van der Waals surface area contributed by atoms with Crippen LogP contribution in [0.15, 0.2) is 29.2 Å². The summed E-state index contributed by atoms with van der Waals surface area (Å²) in [5.74, 6) is 0.708. The number of nitrogens with zero attached hydrogens (tertiary/aromatic N) is 2. The van der Waals surface area contributed by atoms with Gasteiger partial charge in [0.25, 0.3) is 0 Å². The molecule has 0 aliphatic heterocycles. The van der Waals surface area contributed by atoms with Gasteiger partial charge in [0.05, 0.1) is 12.3 Å². The van der Waals surface area contributed by atoms with Gasteiger partial charge < -0.3 is 5.11 Å². The summed E-state index contributed by atoms with van der Waals surface area (Å²) in [6.07, 6.45) is 0. The number of benzene rings is 1. The van der Waals surface area contributed by atoms with Crippen molar-refractivity contribution in [3.63, 3.8) is 0 Å². The van der Waals surface area contributed by atoms with E-state index in [1.807, 2.05) is 0 Å². The summed E-state index contributed by atoms with van der Waals surface area (Å²) >= 11 is 7.74. The maximum Gasteiger partial charge on any atom is 0.132 e. The highest BCUT2D eigenvalue weighted by molar-refractivity contribution is 7.98. The second-order valence-corrected chi connectivity index (χ2v) is 5.51. The predicted molar refractivity (Wildman–Crippen MR) is 74.9 cm³/mol. The molecule has 0 spiro atoms. The van der Waals surface area contributed by atoms with E-state index in [0.717, 1.165) is 11.3 Å². The second kappa shape index (κ2) is 5.78. The molecule has 0 amide bonds. The minimum absolute atomic E-state index is 0.0730. The molecular weight excluding hydrogens is 268 g/mol. The van der Waals surface area contributed by atoms with Crippen LogP contribution in [0.5, 0.6) is 0 Å². The molecule has 3 nitrogen and oxygen atoms in total. The van der Waals surface area contributed by atoms with Crippen LogP contribution in [-0.2, 0) is 19.4 Å². The lowest BCUT2D eigenvalue weighted by Gasteiger charge is -2.01. The third kappa shape index (κ3) is 2.88. The van der Waals surface area contributed by atoms with Crippen molar-refractivity contribution >= 4 is 23.4 Å². The zero-order valence-electron chi connectivity index (χ0n) is 10.4.